The molecule has 3 heterocycles. The fourth-order valence-electron chi connectivity index (χ4n) is 11.9. The van der Waals surface area contributed by atoms with Gasteiger partial charge in [0.2, 0.25) is 0 Å². The number of rotatable bonds is 9. The molecule has 4 heteroatoms. The zero-order valence-electron chi connectivity index (χ0n) is 41.5. The minimum Gasteiger partial charge on any atom is -0.311 e. The van der Waals surface area contributed by atoms with Crippen molar-refractivity contribution < 1.29 is 0 Å². The van der Waals surface area contributed by atoms with Gasteiger partial charge in [0.15, 0.2) is 0 Å². The topological polar surface area (TPSA) is 18.0 Å². The summed E-state index contributed by atoms with van der Waals surface area (Å²) in [6, 6.07) is 106. The second kappa shape index (κ2) is 17.8. The van der Waals surface area contributed by atoms with Gasteiger partial charge >= 0.3 is 0 Å². The lowest BCUT2D eigenvalue weighted by molar-refractivity contribution is 1.17. The third kappa shape index (κ3) is 7.14. The first-order valence-electron chi connectivity index (χ1n) is 26.1. The lowest BCUT2D eigenvalue weighted by Gasteiger charge is -2.26. The number of benzene rings is 12. The van der Waals surface area contributed by atoms with E-state index < -0.39 is 0 Å². The molecule has 0 unspecified atom stereocenters. The van der Waals surface area contributed by atoms with E-state index in [1.54, 1.807) is 0 Å². The number of para-hydroxylation sites is 6. The van der Waals surface area contributed by atoms with Gasteiger partial charge in [-0.1, -0.05) is 176 Å². The summed E-state index contributed by atoms with van der Waals surface area (Å²) < 4.78 is 7.13. The Labute approximate surface area is 440 Å². The second-order valence-corrected chi connectivity index (χ2v) is 19.7. The first-order chi connectivity index (χ1) is 37.7. The molecule has 356 valence electrons. The number of aromatic nitrogens is 3. The van der Waals surface area contributed by atoms with Gasteiger partial charge in [0.05, 0.1) is 33.1 Å². The molecular formula is C72H48N4. The first-order valence-corrected chi connectivity index (χ1v) is 26.1. The van der Waals surface area contributed by atoms with Gasteiger partial charge in [0, 0.05) is 66.4 Å². The highest BCUT2D eigenvalue weighted by Crippen LogP contribution is 2.41. The predicted octanol–water partition coefficient (Wildman–Crippen LogP) is 19.4. The maximum Gasteiger partial charge on any atom is 0.0547 e. The van der Waals surface area contributed by atoms with Crippen LogP contribution in [0.5, 0.6) is 0 Å². The smallest absolute Gasteiger partial charge is 0.0547 e. The van der Waals surface area contributed by atoms with E-state index in [0.717, 1.165) is 39.7 Å². The zero-order chi connectivity index (χ0) is 50.1. The molecule has 15 rings (SSSR count). The number of nitrogens with zero attached hydrogens (tertiary/aromatic N) is 4. The third-order valence-corrected chi connectivity index (χ3v) is 15.5. The Bertz CT molecular complexity index is 4590. The van der Waals surface area contributed by atoms with Crippen LogP contribution in [0.15, 0.2) is 291 Å². The Morgan fingerprint density at radius 3 is 0.934 bits per heavy atom. The SMILES string of the molecule is c1ccc(-n2c3ccccc3c3cc(-c4ccc(N(c5ccc(-c6ccc(-c7ccc8c9ccccc9n(-c9ccccc9)c8c7)cc6)cc5)c5ccc(-n6c7ccccc7c7ccccc76)cc5)cc4)ccc32)cc1. The highest BCUT2D eigenvalue weighted by Gasteiger charge is 2.19. The van der Waals surface area contributed by atoms with E-state index in [1.807, 2.05) is 0 Å². The predicted molar refractivity (Wildman–Crippen MR) is 320 cm³/mol. The van der Waals surface area contributed by atoms with Crippen LogP contribution in [-0.4, -0.2) is 13.7 Å². The summed E-state index contributed by atoms with van der Waals surface area (Å²) in [5.41, 5.74) is 21.0. The summed E-state index contributed by atoms with van der Waals surface area (Å²) in [5, 5.41) is 7.51. The zero-order valence-corrected chi connectivity index (χ0v) is 41.5. The molecule has 0 aliphatic heterocycles. The Kier molecular flexibility index (Phi) is 10.2. The quantitative estimate of drug-likeness (QED) is 0.141. The van der Waals surface area contributed by atoms with Gasteiger partial charge in [-0.3, -0.25) is 0 Å². The van der Waals surface area contributed by atoms with Crippen LogP contribution in [0.2, 0.25) is 0 Å². The lowest BCUT2D eigenvalue weighted by atomic mass is 9.99. The molecule has 0 aliphatic rings. The fourth-order valence-corrected chi connectivity index (χ4v) is 11.9. The number of hydrogen-bond acceptors (Lipinski definition) is 1. The van der Waals surface area contributed by atoms with Crippen molar-refractivity contribution in [1.82, 2.24) is 13.7 Å². The van der Waals surface area contributed by atoms with Crippen LogP contribution in [0.3, 0.4) is 0 Å². The standard InChI is InChI=1S/C72H48N4/c1-3-15-55(16-4-1)74-70-26-14-10-22-64(70)66-47-53(36-46-71(66)74)52-33-39-58(40-34-52)73(59-41-43-60(44-42-59)75-67-23-11-7-19-61(67)62-20-8-12-24-68(62)75)57-37-31-50(32-38-57)49-27-29-51(30-28-49)54-35-45-65-63-21-9-13-25-69(63)76(72(65)48-54)56-17-5-2-6-18-56/h1-48H. The molecule has 0 radical (unpaired) electrons. The Morgan fingerprint density at radius 1 is 0.184 bits per heavy atom. The van der Waals surface area contributed by atoms with Crippen molar-refractivity contribution >= 4 is 82.5 Å². The molecule has 3 aromatic heterocycles. The highest BCUT2D eigenvalue weighted by atomic mass is 15.1. The highest BCUT2D eigenvalue weighted by molar-refractivity contribution is 6.12. The van der Waals surface area contributed by atoms with Crippen molar-refractivity contribution in [2.75, 3.05) is 4.90 Å². The molecule has 0 bridgehead atoms. The molecular weight excluding hydrogens is 921 g/mol. The monoisotopic (exact) mass is 968 g/mol. The summed E-state index contributed by atoms with van der Waals surface area (Å²) in [6.45, 7) is 0. The molecule has 0 fully saturated rings. The molecule has 0 amide bonds. The molecule has 0 atom stereocenters. The summed E-state index contributed by atoms with van der Waals surface area (Å²) >= 11 is 0. The van der Waals surface area contributed by atoms with Crippen molar-refractivity contribution in [1.29, 1.82) is 0 Å². The van der Waals surface area contributed by atoms with Crippen LogP contribution < -0.4 is 4.90 Å². The van der Waals surface area contributed by atoms with E-state index in [-0.39, 0.29) is 0 Å². The van der Waals surface area contributed by atoms with Crippen LogP contribution in [0.25, 0.3) is 116 Å². The van der Waals surface area contributed by atoms with Crippen LogP contribution in [0.1, 0.15) is 0 Å². The lowest BCUT2D eigenvalue weighted by Crippen LogP contribution is -2.10. The van der Waals surface area contributed by atoms with Gasteiger partial charge < -0.3 is 18.6 Å². The first kappa shape index (κ1) is 43.4. The van der Waals surface area contributed by atoms with Gasteiger partial charge in [-0.15, -0.1) is 0 Å². The maximum atomic E-state index is 2.38. The average molecular weight is 969 g/mol. The van der Waals surface area contributed by atoms with E-state index >= 15 is 0 Å². The van der Waals surface area contributed by atoms with Crippen LogP contribution in [-0.2, 0) is 0 Å². The molecule has 0 aliphatic carbocycles. The minimum atomic E-state index is 1.08. The minimum absolute atomic E-state index is 1.08. The Balaban J connectivity index is 0.782. The molecule has 76 heavy (non-hydrogen) atoms. The number of hydrogen-bond donors (Lipinski definition) is 0. The van der Waals surface area contributed by atoms with Crippen molar-refractivity contribution in [2.24, 2.45) is 0 Å². The average Bonchev–Trinajstić information content (AvgIpc) is 4.19. The van der Waals surface area contributed by atoms with Crippen molar-refractivity contribution in [3.63, 3.8) is 0 Å². The van der Waals surface area contributed by atoms with Crippen LogP contribution in [0, 0.1) is 0 Å². The van der Waals surface area contributed by atoms with E-state index in [9.17, 15) is 0 Å². The summed E-state index contributed by atoms with van der Waals surface area (Å²) in [4.78, 5) is 2.37. The van der Waals surface area contributed by atoms with Gasteiger partial charge in [-0.2, -0.15) is 0 Å². The number of anilines is 3. The maximum absolute atomic E-state index is 2.38. The molecule has 4 nitrogen and oxygen atoms in total. The molecule has 0 spiro atoms. The summed E-state index contributed by atoms with van der Waals surface area (Å²) in [5.74, 6) is 0. The second-order valence-electron chi connectivity index (χ2n) is 19.7. The molecule has 0 N–H and O–H groups in total. The van der Waals surface area contributed by atoms with Gasteiger partial charge in [0.1, 0.15) is 0 Å². The van der Waals surface area contributed by atoms with E-state index in [4.69, 9.17) is 0 Å². The third-order valence-electron chi connectivity index (χ3n) is 15.5. The van der Waals surface area contributed by atoms with E-state index in [1.165, 1.54) is 93.2 Å². The molecule has 0 saturated carbocycles. The van der Waals surface area contributed by atoms with E-state index in [0.29, 0.717) is 0 Å². The Morgan fingerprint density at radius 2 is 0.474 bits per heavy atom. The van der Waals surface area contributed by atoms with Crippen LogP contribution >= 0.6 is 0 Å². The van der Waals surface area contributed by atoms with Crippen molar-refractivity contribution in [3.05, 3.63) is 291 Å². The largest absolute Gasteiger partial charge is 0.311 e. The molecule has 15 aromatic rings. The van der Waals surface area contributed by atoms with Crippen molar-refractivity contribution in [2.45, 2.75) is 0 Å². The normalized spacial score (nSPS) is 11.7. The van der Waals surface area contributed by atoms with Crippen molar-refractivity contribution in [3.8, 4) is 50.4 Å². The number of fused-ring (bicyclic) bond motifs is 9. The van der Waals surface area contributed by atoms with Gasteiger partial charge in [-0.05, 0) is 149 Å². The van der Waals surface area contributed by atoms with Gasteiger partial charge in [0.25, 0.3) is 0 Å². The molecule has 0 saturated heterocycles. The van der Waals surface area contributed by atoms with Crippen LogP contribution in [0.4, 0.5) is 17.1 Å². The fraction of sp³-hybridized carbons (Fsp3) is 0. The Hall–Kier alpha value is -10.2. The summed E-state index contributed by atoms with van der Waals surface area (Å²) in [6.07, 6.45) is 0. The molecule has 12 aromatic carbocycles. The summed E-state index contributed by atoms with van der Waals surface area (Å²) in [7, 11) is 0. The van der Waals surface area contributed by atoms with E-state index in [2.05, 4.69) is 310 Å². The van der Waals surface area contributed by atoms with Gasteiger partial charge in [-0.25, -0.2) is 0 Å².